The number of aliphatic hydroxyl groups excluding tert-OH is 1. The Morgan fingerprint density at radius 3 is 1.90 bits per heavy atom. The Labute approximate surface area is 470 Å². The highest BCUT2D eigenvalue weighted by Crippen LogP contribution is 2.40. The predicted octanol–water partition coefficient (Wildman–Crippen LogP) is 10.9. The van der Waals surface area contributed by atoms with E-state index in [2.05, 4.69) is 15.6 Å². The van der Waals surface area contributed by atoms with Crippen LogP contribution in [0.25, 0.3) is 32.7 Å². The van der Waals surface area contributed by atoms with Gasteiger partial charge in [0.2, 0.25) is 11.8 Å². The second kappa shape index (κ2) is 23.1. The molecule has 3 heterocycles. The smallest absolute Gasteiger partial charge is 0.417 e. The van der Waals surface area contributed by atoms with Crippen LogP contribution in [0.15, 0.2) is 145 Å². The average molecular weight is 1120 g/mol. The topological polar surface area (TPSA) is 194 Å². The first-order valence-electron chi connectivity index (χ1n) is 26.0. The molecule has 0 radical (unpaired) electrons. The predicted molar refractivity (Wildman–Crippen MR) is 301 cm³/mol. The number of aryl methyl sites for hydroxylation is 1. The van der Waals surface area contributed by atoms with Crippen LogP contribution < -0.4 is 29.9 Å². The number of ether oxygens (including phenoxy) is 2. The van der Waals surface area contributed by atoms with Crippen molar-refractivity contribution >= 4 is 52.4 Å². The van der Waals surface area contributed by atoms with E-state index in [1.54, 1.807) is 53.2 Å². The van der Waals surface area contributed by atoms with Gasteiger partial charge in [0.15, 0.2) is 6.61 Å². The number of amides is 6. The van der Waals surface area contributed by atoms with Gasteiger partial charge in [-0.2, -0.15) is 18.4 Å². The van der Waals surface area contributed by atoms with E-state index in [4.69, 9.17) is 9.47 Å². The van der Waals surface area contributed by atoms with E-state index < -0.39 is 76.1 Å². The molecule has 2 aliphatic heterocycles. The standard InChI is InChI=1S/C62H58F3N7O8S/c1-37-54(81-36-68-37)44-13-7-38(8-14-44)32-67-56(75)52-30-48(73)33-70(52)57(76)55(60(2,3)4)69-53(74)35-80-49-25-20-43(21-26-49)42-17-15-41(16-18-42)40-11-9-39(10-12-40)34-79-50-27-23-46(24-28-50)72-59(78)71(58(77)61(72,5)6)47-22-19-45(31-66)51(29-47)62(63,64)65/h7-29,36,48,52,55,73H,30,32-35H2,1-6H3,(H,67,75)(H,69,74)/t48-,52+,55-/m1/s1. The summed E-state index contributed by atoms with van der Waals surface area (Å²) >= 11 is 1.56. The van der Waals surface area contributed by atoms with Crippen molar-refractivity contribution in [1.29, 1.82) is 5.26 Å². The molecule has 19 heteroatoms. The molecule has 0 aliphatic carbocycles. The van der Waals surface area contributed by atoms with Crippen LogP contribution >= 0.6 is 11.3 Å². The third-order valence-electron chi connectivity index (χ3n) is 14.3. The van der Waals surface area contributed by atoms with E-state index in [1.807, 2.05) is 113 Å². The molecule has 0 bridgehead atoms. The normalized spacial score (nSPS) is 16.5. The number of β-amino-alcohol motifs (C(OH)–C–C–N with tert-alkyl or cyclic N) is 1. The molecule has 416 valence electrons. The quantitative estimate of drug-likeness (QED) is 0.0784. The zero-order valence-corrected chi connectivity index (χ0v) is 46.0. The maximum Gasteiger partial charge on any atom is 0.417 e. The number of carbonyl (C=O) groups is 5. The summed E-state index contributed by atoms with van der Waals surface area (Å²) in [6.07, 6.45) is -5.71. The number of nitrogens with zero attached hydrogens (tertiary/aromatic N) is 5. The number of hydrogen-bond donors (Lipinski definition) is 3. The summed E-state index contributed by atoms with van der Waals surface area (Å²) < 4.78 is 53.1. The molecule has 0 spiro atoms. The van der Waals surface area contributed by atoms with E-state index >= 15 is 0 Å². The first kappa shape index (κ1) is 56.8. The Bertz CT molecular complexity index is 3520. The molecule has 0 saturated carbocycles. The Balaban J connectivity index is 0.745. The molecule has 15 nitrogen and oxygen atoms in total. The fraction of sp³-hybridized carbons (Fsp3) is 0.274. The summed E-state index contributed by atoms with van der Waals surface area (Å²) in [6, 6.07) is 38.9. The van der Waals surface area contributed by atoms with Crippen molar-refractivity contribution in [2.24, 2.45) is 5.41 Å². The van der Waals surface area contributed by atoms with Crippen molar-refractivity contribution in [1.82, 2.24) is 20.5 Å². The molecule has 2 aliphatic rings. The number of aromatic nitrogens is 1. The van der Waals surface area contributed by atoms with Crippen LogP contribution in [-0.2, 0) is 38.5 Å². The number of benzene rings is 6. The zero-order valence-electron chi connectivity index (χ0n) is 45.2. The number of nitriles is 1. The summed E-state index contributed by atoms with van der Waals surface area (Å²) in [5.74, 6) is -1.19. The number of aliphatic hydroxyl groups is 1. The van der Waals surface area contributed by atoms with Crippen molar-refractivity contribution in [2.75, 3.05) is 23.0 Å². The van der Waals surface area contributed by atoms with Crippen molar-refractivity contribution in [3.8, 4) is 50.3 Å². The number of anilines is 2. The number of alkyl halides is 3. The lowest BCUT2D eigenvalue weighted by Gasteiger charge is -2.35. The largest absolute Gasteiger partial charge is 0.489 e. The molecule has 3 atom stereocenters. The van der Waals surface area contributed by atoms with Gasteiger partial charge in [-0.05, 0) is 120 Å². The number of nitrogens with one attached hydrogen (secondary N) is 2. The molecular formula is C62H58F3N7O8S. The number of rotatable bonds is 16. The lowest BCUT2D eigenvalue weighted by molar-refractivity contribution is -0.144. The van der Waals surface area contributed by atoms with Crippen LogP contribution in [0.3, 0.4) is 0 Å². The monoisotopic (exact) mass is 1120 g/mol. The highest BCUT2D eigenvalue weighted by Gasteiger charge is 2.53. The maximum absolute atomic E-state index is 14.1. The van der Waals surface area contributed by atoms with E-state index in [0.29, 0.717) is 28.2 Å². The molecule has 3 N–H and O–H groups in total. The SMILES string of the molecule is Cc1ncsc1-c1ccc(CNC(=O)[C@@H]2C[C@@H](O)CN2C(=O)[C@@H](NC(=O)COc2ccc(-c3ccc(-c4ccc(COc5ccc(N6C(=O)N(c7ccc(C#N)c(C(F)(F)F)c7)C(=O)C6(C)C)cc5)cc4)cc3)cc2)C(C)(C)C)cc1. The Hall–Kier alpha value is -8.86. The van der Waals surface area contributed by atoms with Gasteiger partial charge in [0.25, 0.3) is 11.8 Å². The second-order valence-electron chi connectivity index (χ2n) is 21.5. The van der Waals surface area contributed by atoms with Crippen LogP contribution in [0.4, 0.5) is 29.3 Å². The van der Waals surface area contributed by atoms with Gasteiger partial charge < -0.3 is 30.1 Å². The molecule has 2 fully saturated rings. The van der Waals surface area contributed by atoms with Crippen LogP contribution in [-0.4, -0.2) is 81.5 Å². The van der Waals surface area contributed by atoms with E-state index in [1.165, 1.54) is 29.7 Å². The maximum atomic E-state index is 14.1. The van der Waals surface area contributed by atoms with Gasteiger partial charge in [0.05, 0.1) is 45.1 Å². The molecule has 81 heavy (non-hydrogen) atoms. The van der Waals surface area contributed by atoms with E-state index in [9.17, 15) is 47.5 Å². The number of imide groups is 1. The minimum absolute atomic E-state index is 0.0455. The molecule has 9 rings (SSSR count). The van der Waals surface area contributed by atoms with Gasteiger partial charge in [-0.1, -0.05) is 106 Å². The van der Waals surface area contributed by atoms with Crippen LogP contribution in [0.1, 0.15) is 69.0 Å². The van der Waals surface area contributed by atoms with Gasteiger partial charge in [-0.3, -0.25) is 24.1 Å². The second-order valence-corrected chi connectivity index (χ2v) is 22.3. The fourth-order valence-electron chi connectivity index (χ4n) is 9.84. The molecule has 0 unspecified atom stereocenters. The summed E-state index contributed by atoms with van der Waals surface area (Å²) in [5.41, 5.74) is 5.34. The third kappa shape index (κ3) is 12.5. The lowest BCUT2D eigenvalue weighted by atomic mass is 9.85. The van der Waals surface area contributed by atoms with Crippen LogP contribution in [0, 0.1) is 23.7 Å². The molecular weight excluding hydrogens is 1060 g/mol. The van der Waals surface area contributed by atoms with Gasteiger partial charge in [0, 0.05) is 25.2 Å². The Morgan fingerprint density at radius 2 is 1.33 bits per heavy atom. The number of halogens is 3. The fourth-order valence-corrected chi connectivity index (χ4v) is 10.7. The highest BCUT2D eigenvalue weighted by molar-refractivity contribution is 7.13. The van der Waals surface area contributed by atoms with Crippen LogP contribution in [0.5, 0.6) is 11.5 Å². The number of hydrogen-bond acceptors (Lipinski definition) is 11. The minimum Gasteiger partial charge on any atom is -0.489 e. The molecule has 6 aromatic carbocycles. The summed E-state index contributed by atoms with van der Waals surface area (Å²) in [4.78, 5) is 76.9. The zero-order chi connectivity index (χ0) is 58.0. The number of likely N-dealkylation sites (tertiary alicyclic amines) is 1. The average Bonchev–Trinajstić information content (AvgIpc) is 4.29. The number of urea groups is 1. The highest BCUT2D eigenvalue weighted by atomic mass is 32.1. The van der Waals surface area contributed by atoms with Crippen molar-refractivity contribution in [3.05, 3.63) is 173 Å². The molecule has 6 amide bonds. The molecule has 7 aromatic rings. The van der Waals surface area contributed by atoms with Gasteiger partial charge in [-0.15, -0.1) is 11.3 Å². The summed E-state index contributed by atoms with van der Waals surface area (Å²) in [7, 11) is 0. The van der Waals surface area contributed by atoms with Gasteiger partial charge >= 0.3 is 12.2 Å². The number of carbonyl (C=O) groups excluding carboxylic acids is 5. The van der Waals surface area contributed by atoms with E-state index in [0.717, 1.165) is 61.6 Å². The van der Waals surface area contributed by atoms with Gasteiger partial charge in [-0.25, -0.2) is 14.7 Å². The Morgan fingerprint density at radius 1 is 0.790 bits per heavy atom. The summed E-state index contributed by atoms with van der Waals surface area (Å²) in [6.45, 7) is 10.5. The van der Waals surface area contributed by atoms with Crippen molar-refractivity contribution in [2.45, 2.75) is 91.0 Å². The summed E-state index contributed by atoms with van der Waals surface area (Å²) in [5, 5.41) is 25.6. The molecule has 2 saturated heterocycles. The van der Waals surface area contributed by atoms with Crippen molar-refractivity contribution < 1.29 is 51.7 Å². The first-order chi connectivity index (χ1) is 38.5. The first-order valence-corrected chi connectivity index (χ1v) is 26.9. The molecule has 1 aromatic heterocycles. The van der Waals surface area contributed by atoms with E-state index in [-0.39, 0.29) is 38.4 Å². The third-order valence-corrected chi connectivity index (χ3v) is 15.3. The van der Waals surface area contributed by atoms with Gasteiger partial charge in [0.1, 0.15) is 35.7 Å². The lowest BCUT2D eigenvalue weighted by Crippen LogP contribution is -2.58. The van der Waals surface area contributed by atoms with Crippen molar-refractivity contribution in [3.63, 3.8) is 0 Å². The number of thiazole rings is 1. The van der Waals surface area contributed by atoms with Crippen LogP contribution in [0.2, 0.25) is 0 Å². The minimum atomic E-state index is -4.88. The Kier molecular flexibility index (Phi) is 16.2.